The van der Waals surface area contributed by atoms with E-state index in [1.807, 2.05) is 0 Å². The Morgan fingerprint density at radius 3 is 2.92 bits per heavy atom. The van der Waals surface area contributed by atoms with Gasteiger partial charge in [0, 0.05) is 0 Å². The van der Waals surface area contributed by atoms with Gasteiger partial charge in [0.2, 0.25) is 0 Å². The molecule has 0 amide bonds. The van der Waals surface area contributed by atoms with Crippen LogP contribution in [0.25, 0.3) is 11.2 Å². The number of rotatable bonds is 0. The van der Waals surface area contributed by atoms with E-state index < -0.39 is 0 Å². The molecule has 0 aliphatic carbocycles. The second-order valence-corrected chi connectivity index (χ2v) is 1.81. The first-order valence-electron chi connectivity index (χ1n) is 3.18. The van der Waals surface area contributed by atoms with E-state index in [1.54, 1.807) is 12.5 Å². The Morgan fingerprint density at radius 1 is 1.50 bits per heavy atom. The number of hydrogen-bond acceptors (Lipinski definition) is 3. The maximum Gasteiger partial charge on any atom is 0.160 e. The Morgan fingerprint density at radius 2 is 2.25 bits per heavy atom. The lowest BCUT2D eigenvalue weighted by Crippen LogP contribution is -1.76. The van der Waals surface area contributed by atoms with Gasteiger partial charge in [0.1, 0.15) is 11.8 Å². The van der Waals surface area contributed by atoms with Crippen LogP contribution in [-0.4, -0.2) is 19.9 Å². The van der Waals surface area contributed by atoms with Gasteiger partial charge in [0.15, 0.2) is 5.65 Å². The molecule has 0 aromatic carbocycles. The topological polar surface area (TPSA) is 54.5 Å². The predicted octanol–water partition coefficient (Wildman–Crippen LogP) is 1.45. The lowest BCUT2D eigenvalue weighted by Gasteiger charge is -1.80. The Labute approximate surface area is 68.2 Å². The maximum atomic E-state index is 10.1. The Balaban J connectivity index is 0.000000213. The van der Waals surface area contributed by atoms with Crippen molar-refractivity contribution in [3.05, 3.63) is 31.8 Å². The zero-order valence-electron chi connectivity index (χ0n) is 6.24. The minimum atomic E-state index is 0.250. The van der Waals surface area contributed by atoms with Crippen LogP contribution in [0.15, 0.2) is 31.8 Å². The molecule has 0 unspecified atom stereocenters. The third-order valence-corrected chi connectivity index (χ3v) is 1.10. The van der Waals surface area contributed by atoms with Gasteiger partial charge >= 0.3 is 0 Å². The molecule has 0 saturated heterocycles. The van der Waals surface area contributed by atoms with Crippen LogP contribution < -0.4 is 0 Å². The first kappa shape index (κ1) is 8.32. The molecular formula is C7H7FN4. The average Bonchev–Trinajstić information content (AvgIpc) is 2.52. The number of nitrogens with zero attached hydrogens (tertiary/aromatic N) is 3. The zero-order chi connectivity index (χ0) is 8.81. The highest BCUT2D eigenvalue weighted by Crippen LogP contribution is 1.99. The summed E-state index contributed by atoms with van der Waals surface area (Å²) in [4.78, 5) is 14.5. The summed E-state index contributed by atoms with van der Waals surface area (Å²) in [5.74, 6) is 0. The standard InChI is InChI=1S/C5H4N4.C2H3F/c1-4-5(8-2-6-1)9-3-7-4;1-2-3/h1-3H,(H,6,7,8,9);2H,1H2. The molecule has 0 bridgehead atoms. The summed E-state index contributed by atoms with van der Waals surface area (Å²) in [6.45, 7) is 2.69. The summed E-state index contributed by atoms with van der Waals surface area (Å²) < 4.78 is 10.1. The largest absolute Gasteiger partial charge is 0.329 e. The fraction of sp³-hybridized carbons (Fsp3) is 0. The van der Waals surface area contributed by atoms with Crippen LogP contribution in [0.5, 0.6) is 0 Å². The number of aromatic amines is 1. The molecule has 0 fully saturated rings. The highest BCUT2D eigenvalue weighted by atomic mass is 19.1. The second kappa shape index (κ2) is 4.17. The molecule has 2 heterocycles. The van der Waals surface area contributed by atoms with Gasteiger partial charge in [-0.25, -0.2) is 19.3 Å². The molecule has 5 heteroatoms. The number of aromatic nitrogens is 4. The molecule has 62 valence electrons. The van der Waals surface area contributed by atoms with E-state index in [9.17, 15) is 4.39 Å². The van der Waals surface area contributed by atoms with E-state index in [1.165, 1.54) is 6.33 Å². The van der Waals surface area contributed by atoms with E-state index >= 15 is 0 Å². The van der Waals surface area contributed by atoms with Crippen LogP contribution in [0.3, 0.4) is 0 Å². The van der Waals surface area contributed by atoms with Crippen molar-refractivity contribution < 1.29 is 4.39 Å². The van der Waals surface area contributed by atoms with Crippen molar-refractivity contribution in [2.45, 2.75) is 0 Å². The average molecular weight is 166 g/mol. The lowest BCUT2D eigenvalue weighted by molar-refractivity contribution is 0.725. The molecule has 2 aromatic rings. The monoisotopic (exact) mass is 166 g/mol. The van der Waals surface area contributed by atoms with Crippen molar-refractivity contribution in [3.8, 4) is 0 Å². The molecule has 2 aromatic heterocycles. The summed E-state index contributed by atoms with van der Waals surface area (Å²) in [6, 6.07) is 0. The van der Waals surface area contributed by atoms with Crippen molar-refractivity contribution in [2.24, 2.45) is 0 Å². The Kier molecular flexibility index (Phi) is 2.89. The minimum absolute atomic E-state index is 0.250. The number of nitrogens with one attached hydrogen (secondary N) is 1. The fourth-order valence-electron chi connectivity index (χ4n) is 0.691. The molecule has 0 saturated carbocycles. The third-order valence-electron chi connectivity index (χ3n) is 1.10. The summed E-state index contributed by atoms with van der Waals surface area (Å²) >= 11 is 0. The number of H-pyrrole nitrogens is 1. The SMILES string of the molecule is C=CF.c1ncc2nc[nH]c2n1. The molecule has 1 N–H and O–H groups in total. The van der Waals surface area contributed by atoms with Crippen molar-refractivity contribution in [2.75, 3.05) is 0 Å². The summed E-state index contributed by atoms with van der Waals surface area (Å²) in [5, 5.41) is 0. The van der Waals surface area contributed by atoms with Gasteiger partial charge in [-0.2, -0.15) is 0 Å². The quantitative estimate of drug-likeness (QED) is 0.644. The molecule has 0 spiro atoms. The Bertz CT molecular complexity index is 327. The zero-order valence-corrected chi connectivity index (χ0v) is 6.24. The predicted molar refractivity (Wildman–Crippen MR) is 43.0 cm³/mol. The van der Waals surface area contributed by atoms with E-state index in [-0.39, 0.29) is 6.33 Å². The minimum Gasteiger partial charge on any atom is -0.329 e. The summed E-state index contributed by atoms with van der Waals surface area (Å²) in [7, 11) is 0. The third kappa shape index (κ3) is 1.85. The lowest BCUT2D eigenvalue weighted by atomic mass is 10.6. The van der Waals surface area contributed by atoms with Gasteiger partial charge in [0.05, 0.1) is 18.9 Å². The number of hydrogen-bond donors (Lipinski definition) is 1. The number of halogens is 1. The number of fused-ring (bicyclic) bond motifs is 1. The molecule has 0 radical (unpaired) electrons. The van der Waals surface area contributed by atoms with E-state index in [4.69, 9.17) is 0 Å². The fourth-order valence-corrected chi connectivity index (χ4v) is 0.691. The Hall–Kier alpha value is -1.78. The van der Waals surface area contributed by atoms with Crippen LogP contribution in [0.2, 0.25) is 0 Å². The van der Waals surface area contributed by atoms with Gasteiger partial charge in [-0.05, 0) is 0 Å². The van der Waals surface area contributed by atoms with Crippen molar-refractivity contribution >= 4 is 11.2 Å². The second-order valence-electron chi connectivity index (χ2n) is 1.81. The van der Waals surface area contributed by atoms with Crippen LogP contribution in [-0.2, 0) is 0 Å². The normalized spacial score (nSPS) is 8.75. The van der Waals surface area contributed by atoms with Crippen molar-refractivity contribution in [1.29, 1.82) is 0 Å². The number of imidazole rings is 1. The smallest absolute Gasteiger partial charge is 0.160 e. The van der Waals surface area contributed by atoms with Gasteiger partial charge in [-0.1, -0.05) is 6.58 Å². The van der Waals surface area contributed by atoms with Crippen LogP contribution in [0, 0.1) is 0 Å². The van der Waals surface area contributed by atoms with Gasteiger partial charge < -0.3 is 4.98 Å². The van der Waals surface area contributed by atoms with Crippen LogP contribution >= 0.6 is 0 Å². The van der Waals surface area contributed by atoms with Gasteiger partial charge in [-0.3, -0.25) is 0 Å². The molecule has 0 atom stereocenters. The van der Waals surface area contributed by atoms with Crippen LogP contribution in [0.1, 0.15) is 0 Å². The first-order valence-corrected chi connectivity index (χ1v) is 3.18. The highest BCUT2D eigenvalue weighted by molar-refractivity contribution is 5.67. The van der Waals surface area contributed by atoms with E-state index in [2.05, 4.69) is 26.5 Å². The summed E-state index contributed by atoms with van der Waals surface area (Å²) in [5.41, 5.74) is 1.59. The summed E-state index contributed by atoms with van der Waals surface area (Å²) in [6.07, 6.45) is 5.00. The van der Waals surface area contributed by atoms with Crippen molar-refractivity contribution in [1.82, 2.24) is 19.9 Å². The van der Waals surface area contributed by atoms with E-state index in [0.29, 0.717) is 0 Å². The van der Waals surface area contributed by atoms with E-state index in [0.717, 1.165) is 11.2 Å². The molecule has 0 aliphatic rings. The molecule has 4 nitrogen and oxygen atoms in total. The molecule has 0 aliphatic heterocycles. The molecule has 12 heavy (non-hydrogen) atoms. The van der Waals surface area contributed by atoms with Gasteiger partial charge in [-0.15, -0.1) is 0 Å². The first-order chi connectivity index (χ1) is 5.88. The molecule has 2 rings (SSSR count). The highest BCUT2D eigenvalue weighted by Gasteiger charge is 1.91. The van der Waals surface area contributed by atoms with Crippen LogP contribution in [0.4, 0.5) is 4.39 Å². The maximum absolute atomic E-state index is 10.1. The van der Waals surface area contributed by atoms with Gasteiger partial charge in [0.25, 0.3) is 0 Å². The molecular weight excluding hydrogens is 159 g/mol. The van der Waals surface area contributed by atoms with Crippen molar-refractivity contribution in [3.63, 3.8) is 0 Å².